The largest absolute Gasteiger partial charge is 0.496 e. The quantitative estimate of drug-likeness (QED) is 0.207. The van der Waals surface area contributed by atoms with E-state index in [0.29, 0.717) is 0 Å². The third-order valence-corrected chi connectivity index (χ3v) is 7.53. The smallest absolute Gasteiger partial charge is 0.490 e. The molecule has 0 amide bonds. The molecule has 5 atom stereocenters. The van der Waals surface area contributed by atoms with E-state index in [9.17, 15) is 28.2 Å². The van der Waals surface area contributed by atoms with E-state index in [-0.39, 0.29) is 12.0 Å². The molecule has 16 nitrogen and oxygen atoms in total. The number of H-pyrrole nitrogens is 1. The van der Waals surface area contributed by atoms with Gasteiger partial charge in [0.2, 0.25) is 0 Å². The fourth-order valence-electron chi connectivity index (χ4n) is 2.56. The van der Waals surface area contributed by atoms with Gasteiger partial charge in [-0.25, -0.2) is 18.5 Å². The zero-order valence-electron chi connectivity index (χ0n) is 15.7. The first-order valence-electron chi connectivity index (χ1n) is 8.15. The van der Waals surface area contributed by atoms with Crippen LogP contribution in [0.2, 0.25) is 0 Å². The maximum absolute atomic E-state index is 12.0. The molecule has 0 aromatic carbocycles. The predicted molar refractivity (Wildman–Crippen MR) is 99.5 cm³/mol. The lowest BCUT2D eigenvalue weighted by molar-refractivity contribution is -0.0471. The number of phosphoric ester groups is 1. The van der Waals surface area contributed by atoms with Crippen LogP contribution in [-0.4, -0.2) is 47.9 Å². The Bertz CT molecular complexity index is 1080. The Kier molecular flexibility index (Phi) is 8.01. The number of aryl methyl sites for hydroxylation is 1. The molecule has 1 fully saturated rings. The molecule has 0 radical (unpaired) electrons. The average Bonchev–Trinajstić information content (AvgIpc) is 2.96. The third kappa shape index (κ3) is 7.59. The van der Waals surface area contributed by atoms with Crippen molar-refractivity contribution >= 4 is 23.5 Å². The van der Waals surface area contributed by atoms with Gasteiger partial charge in [0, 0.05) is 18.2 Å². The molecule has 1 aliphatic heterocycles. The molecule has 0 saturated carbocycles. The molecule has 19 heteroatoms. The summed E-state index contributed by atoms with van der Waals surface area (Å²) in [6.07, 6.45) is -0.693. The first kappa shape index (κ1) is 25.8. The fourth-order valence-corrected chi connectivity index (χ4v) is 5.59. The van der Waals surface area contributed by atoms with Crippen LogP contribution in [0.3, 0.4) is 0 Å². The van der Waals surface area contributed by atoms with Crippen LogP contribution in [0.4, 0.5) is 0 Å². The van der Waals surface area contributed by atoms with Crippen LogP contribution in [-0.2, 0) is 36.3 Å². The van der Waals surface area contributed by atoms with Crippen molar-refractivity contribution in [2.45, 2.75) is 31.8 Å². The monoisotopic (exact) mass is 508 g/mol. The lowest BCUT2D eigenvalue weighted by Gasteiger charge is -2.20. The molecule has 5 N–H and O–H groups in total. The van der Waals surface area contributed by atoms with E-state index in [1.54, 1.807) is 0 Å². The van der Waals surface area contributed by atoms with Gasteiger partial charge in [-0.2, -0.15) is 8.62 Å². The highest BCUT2D eigenvalue weighted by Gasteiger charge is 2.43. The number of nitrogens with one attached hydrogen (secondary N) is 1. The molecule has 31 heavy (non-hydrogen) atoms. The van der Waals surface area contributed by atoms with Gasteiger partial charge in [0.1, 0.15) is 18.4 Å². The summed E-state index contributed by atoms with van der Waals surface area (Å²) in [6, 6.07) is 0. The number of rotatable bonds is 10. The first-order valence-corrected chi connectivity index (χ1v) is 12.7. The van der Waals surface area contributed by atoms with Gasteiger partial charge in [0.05, 0.1) is 12.9 Å². The highest BCUT2D eigenvalue weighted by atomic mass is 31.3. The molecule has 176 valence electrons. The summed E-state index contributed by atoms with van der Waals surface area (Å²) in [5, 5.41) is 0. The van der Waals surface area contributed by atoms with Crippen LogP contribution in [0.15, 0.2) is 28.6 Å². The third-order valence-electron chi connectivity index (χ3n) is 3.73. The van der Waals surface area contributed by atoms with Crippen molar-refractivity contribution < 1.29 is 55.9 Å². The number of phosphoric acid groups is 3. The fraction of sp³-hybridized carbons (Fsp3) is 0.500. The molecule has 1 aliphatic rings. The van der Waals surface area contributed by atoms with Crippen molar-refractivity contribution in [3.05, 3.63) is 45.4 Å². The summed E-state index contributed by atoms with van der Waals surface area (Å²) < 4.78 is 57.5. The molecule has 2 heterocycles. The Morgan fingerprint density at radius 1 is 1.23 bits per heavy atom. The molecule has 0 bridgehead atoms. The molecule has 1 saturated heterocycles. The van der Waals surface area contributed by atoms with Gasteiger partial charge in [0.25, 0.3) is 5.56 Å². The molecule has 2 unspecified atom stereocenters. The zero-order valence-corrected chi connectivity index (χ0v) is 18.4. The van der Waals surface area contributed by atoms with Gasteiger partial charge in [0.15, 0.2) is 0 Å². The second-order valence-corrected chi connectivity index (χ2v) is 10.5. The van der Waals surface area contributed by atoms with Crippen LogP contribution in [0, 0.1) is 6.92 Å². The Morgan fingerprint density at radius 3 is 2.45 bits per heavy atom. The number of aromatic amines is 1. The summed E-state index contributed by atoms with van der Waals surface area (Å²) >= 11 is 0. The van der Waals surface area contributed by atoms with Crippen molar-refractivity contribution in [3.8, 4) is 0 Å². The highest BCUT2D eigenvalue weighted by molar-refractivity contribution is 7.66. The molecule has 0 spiro atoms. The topological polar surface area (TPSA) is 233 Å². The van der Waals surface area contributed by atoms with E-state index in [2.05, 4.69) is 24.7 Å². The number of hydrogen-bond acceptors (Lipinski definition) is 10. The highest BCUT2D eigenvalue weighted by Crippen LogP contribution is 2.66. The number of aromatic nitrogens is 2. The van der Waals surface area contributed by atoms with Crippen molar-refractivity contribution in [1.29, 1.82) is 0 Å². The molecular weight excluding hydrogens is 489 g/mol. The van der Waals surface area contributed by atoms with Crippen molar-refractivity contribution in [2.75, 3.05) is 6.61 Å². The van der Waals surface area contributed by atoms with Gasteiger partial charge >= 0.3 is 29.2 Å². The Labute approximate surface area is 173 Å². The van der Waals surface area contributed by atoms with Gasteiger partial charge in [-0.1, -0.05) is 6.58 Å². The average molecular weight is 508 g/mol. The molecule has 0 aliphatic carbocycles. The maximum Gasteiger partial charge on any atom is 0.490 e. The van der Waals surface area contributed by atoms with Crippen LogP contribution in [0.25, 0.3) is 0 Å². The van der Waals surface area contributed by atoms with Crippen LogP contribution < -0.4 is 11.2 Å². The minimum absolute atomic E-state index is 0.0157. The van der Waals surface area contributed by atoms with Crippen LogP contribution in [0.5, 0.6) is 0 Å². The van der Waals surface area contributed by atoms with Crippen molar-refractivity contribution in [1.82, 2.24) is 9.55 Å². The van der Waals surface area contributed by atoms with E-state index >= 15 is 0 Å². The number of ether oxygens (including phenoxy) is 2. The SMILES string of the molecule is C=CO[C@H]1C[C@H](n2cc(C)c(=O)[nH]c2=O)O[C@@H]1COP(=O)(O)OP(=O)(O)OP(=O)(O)O. The lowest BCUT2D eigenvalue weighted by atomic mass is 10.2. The van der Waals surface area contributed by atoms with Crippen LogP contribution >= 0.6 is 23.5 Å². The van der Waals surface area contributed by atoms with Gasteiger partial charge in [-0.05, 0) is 6.92 Å². The summed E-state index contributed by atoms with van der Waals surface area (Å²) in [6.45, 7) is 4.04. The summed E-state index contributed by atoms with van der Waals surface area (Å²) in [7, 11) is -16.6. The maximum atomic E-state index is 12.0. The van der Waals surface area contributed by atoms with E-state index in [0.717, 1.165) is 10.8 Å². The second kappa shape index (κ2) is 9.61. The standard InChI is InChI=1S/C12H19N2O14P3/c1-3-24-8-4-10(14-5-7(2)11(15)13-12(14)16)26-9(8)6-25-30(20,21)28-31(22,23)27-29(17,18)19/h3,5,8-10H,1,4,6H2,2H3,(H,20,21)(H,22,23)(H,13,15,16)(H2,17,18,19)/t8-,9+,10+/m0/s1. The Hall–Kier alpha value is -1.41. The van der Waals surface area contributed by atoms with Crippen molar-refractivity contribution in [2.24, 2.45) is 0 Å². The Morgan fingerprint density at radius 2 is 1.87 bits per heavy atom. The van der Waals surface area contributed by atoms with Crippen LogP contribution in [0.1, 0.15) is 18.2 Å². The van der Waals surface area contributed by atoms with Crippen molar-refractivity contribution in [3.63, 3.8) is 0 Å². The molecule has 1 aromatic rings. The summed E-state index contributed by atoms with van der Waals surface area (Å²) in [5.74, 6) is 0. The van der Waals surface area contributed by atoms with Gasteiger partial charge in [-0.3, -0.25) is 18.9 Å². The van der Waals surface area contributed by atoms with E-state index < -0.39 is 59.8 Å². The minimum atomic E-state index is -5.67. The number of hydrogen-bond donors (Lipinski definition) is 5. The molecule has 2 rings (SSSR count). The minimum Gasteiger partial charge on any atom is -0.496 e. The predicted octanol–water partition coefficient (Wildman–Crippen LogP) is 0.00452. The normalized spacial score (nSPS) is 25.5. The van der Waals surface area contributed by atoms with E-state index in [1.165, 1.54) is 13.1 Å². The first-order chi connectivity index (χ1) is 14.1. The lowest BCUT2D eigenvalue weighted by Crippen LogP contribution is -2.33. The number of nitrogens with zero attached hydrogens (tertiary/aromatic N) is 1. The van der Waals surface area contributed by atoms with Gasteiger partial charge < -0.3 is 29.0 Å². The summed E-state index contributed by atoms with van der Waals surface area (Å²) in [4.78, 5) is 61.4. The van der Waals surface area contributed by atoms with Gasteiger partial charge in [-0.15, -0.1) is 0 Å². The molecule has 1 aromatic heterocycles. The summed E-state index contributed by atoms with van der Waals surface area (Å²) in [5.41, 5.74) is -1.17. The second-order valence-electron chi connectivity index (χ2n) is 6.07. The van der Waals surface area contributed by atoms with E-state index in [1.807, 2.05) is 0 Å². The molecular formula is C12H19N2O14P3. The zero-order chi connectivity index (χ0) is 23.6. The van der Waals surface area contributed by atoms with E-state index in [4.69, 9.17) is 24.2 Å². The Balaban J connectivity index is 2.12.